The van der Waals surface area contributed by atoms with Crippen LogP contribution in [0.4, 0.5) is 5.69 Å². The van der Waals surface area contributed by atoms with E-state index in [0.717, 1.165) is 0 Å². The van der Waals surface area contributed by atoms with Crippen LogP contribution in [-0.4, -0.2) is 50.4 Å². The number of carbonyl (C=O) groups is 3. The van der Waals surface area contributed by atoms with E-state index in [4.69, 9.17) is 37.4 Å². The van der Waals surface area contributed by atoms with E-state index in [1.54, 1.807) is 42.5 Å². The molecular weight excluding hydrogens is 457 g/mol. The molecule has 0 unspecified atom stereocenters. The molecule has 3 rings (SSSR count). The monoisotopic (exact) mass is 479 g/mol. The summed E-state index contributed by atoms with van der Waals surface area (Å²) in [5.74, 6) is -0.813. The fraction of sp³-hybridized carbons (Fsp3) is 0.348. The maximum atomic E-state index is 12.8. The van der Waals surface area contributed by atoms with Crippen LogP contribution in [0.15, 0.2) is 42.5 Å². The van der Waals surface area contributed by atoms with Crippen LogP contribution in [0.1, 0.15) is 23.2 Å². The number of anilines is 1. The summed E-state index contributed by atoms with van der Waals surface area (Å²) in [6, 6.07) is 11.4. The van der Waals surface area contributed by atoms with Crippen molar-refractivity contribution in [2.75, 3.05) is 31.5 Å². The van der Waals surface area contributed by atoms with Gasteiger partial charge < -0.3 is 19.1 Å². The summed E-state index contributed by atoms with van der Waals surface area (Å²) in [6.45, 7) is 0.101. The van der Waals surface area contributed by atoms with E-state index in [1.807, 2.05) is 0 Å². The standard InChI is InChI=1S/C23H23Cl2NO6/c1-30-17-7-8-19(31-2)18(12-17)26-13-15(11-21(26)27)23(29)32-20(9-10-24)22(28)14-3-5-16(25)6-4-14/h3-8,12,15,20H,9-11,13H2,1-2H3/t15-,20-/m1/s1. The third-order valence-corrected chi connectivity index (χ3v) is 5.66. The van der Waals surface area contributed by atoms with Gasteiger partial charge in [-0.1, -0.05) is 11.6 Å². The molecule has 0 aromatic heterocycles. The number of methoxy groups -OCH3 is 2. The smallest absolute Gasteiger partial charge is 0.312 e. The Hall–Kier alpha value is -2.77. The summed E-state index contributed by atoms with van der Waals surface area (Å²) in [4.78, 5) is 39.8. The van der Waals surface area contributed by atoms with Gasteiger partial charge in [0.05, 0.1) is 25.8 Å². The Morgan fingerprint density at radius 3 is 2.47 bits per heavy atom. The lowest BCUT2D eigenvalue weighted by Crippen LogP contribution is -2.32. The first-order valence-electron chi connectivity index (χ1n) is 9.96. The molecule has 0 saturated carbocycles. The third kappa shape index (κ3) is 5.34. The second-order valence-electron chi connectivity index (χ2n) is 7.22. The summed E-state index contributed by atoms with van der Waals surface area (Å²) < 4.78 is 16.1. The molecule has 2 aromatic rings. The van der Waals surface area contributed by atoms with Crippen molar-refractivity contribution in [3.05, 3.63) is 53.1 Å². The van der Waals surface area contributed by atoms with E-state index in [0.29, 0.717) is 27.8 Å². The molecule has 1 amide bonds. The number of nitrogens with zero attached hydrogens (tertiary/aromatic N) is 1. The van der Waals surface area contributed by atoms with E-state index in [-0.39, 0.29) is 37.0 Å². The lowest BCUT2D eigenvalue weighted by Gasteiger charge is -2.21. The minimum absolute atomic E-state index is 0.0398. The fourth-order valence-corrected chi connectivity index (χ4v) is 3.81. The van der Waals surface area contributed by atoms with Crippen molar-refractivity contribution in [3.63, 3.8) is 0 Å². The normalized spacial score (nSPS) is 16.6. The zero-order valence-electron chi connectivity index (χ0n) is 17.7. The molecule has 2 aromatic carbocycles. The highest BCUT2D eigenvalue weighted by Crippen LogP contribution is 2.36. The van der Waals surface area contributed by atoms with Crippen molar-refractivity contribution in [1.82, 2.24) is 0 Å². The summed E-state index contributed by atoms with van der Waals surface area (Å²) >= 11 is 11.7. The third-order valence-electron chi connectivity index (χ3n) is 5.19. The van der Waals surface area contributed by atoms with Crippen molar-refractivity contribution in [2.45, 2.75) is 18.9 Å². The maximum Gasteiger partial charge on any atom is 0.312 e. The largest absolute Gasteiger partial charge is 0.497 e. The highest BCUT2D eigenvalue weighted by Gasteiger charge is 2.39. The van der Waals surface area contributed by atoms with Crippen molar-refractivity contribution >= 4 is 46.5 Å². The topological polar surface area (TPSA) is 82.1 Å². The van der Waals surface area contributed by atoms with Crippen LogP contribution in [-0.2, 0) is 14.3 Å². The molecule has 1 saturated heterocycles. The Morgan fingerprint density at radius 2 is 1.84 bits per heavy atom. The number of benzene rings is 2. The molecule has 1 fully saturated rings. The van der Waals surface area contributed by atoms with Crippen LogP contribution in [0.2, 0.25) is 5.02 Å². The Labute approximate surface area is 196 Å². The first-order chi connectivity index (χ1) is 15.4. The van der Waals surface area contributed by atoms with Gasteiger partial charge in [0, 0.05) is 41.9 Å². The van der Waals surface area contributed by atoms with Crippen LogP contribution in [0.5, 0.6) is 11.5 Å². The average molecular weight is 480 g/mol. The first-order valence-corrected chi connectivity index (χ1v) is 10.9. The number of alkyl halides is 1. The number of rotatable bonds is 9. The Morgan fingerprint density at radius 1 is 1.12 bits per heavy atom. The van der Waals surface area contributed by atoms with Crippen LogP contribution in [0.25, 0.3) is 0 Å². The molecule has 7 nitrogen and oxygen atoms in total. The SMILES string of the molecule is COc1ccc(OC)c(N2C[C@H](C(=O)O[C@H](CCCl)C(=O)c3ccc(Cl)cc3)CC2=O)c1. The van der Waals surface area contributed by atoms with Crippen molar-refractivity contribution < 1.29 is 28.6 Å². The van der Waals surface area contributed by atoms with Gasteiger partial charge in [-0.15, -0.1) is 11.6 Å². The summed E-state index contributed by atoms with van der Waals surface area (Å²) in [6.07, 6.45) is -0.929. The predicted molar refractivity (Wildman–Crippen MR) is 121 cm³/mol. The molecule has 32 heavy (non-hydrogen) atoms. The van der Waals surface area contributed by atoms with Gasteiger partial charge >= 0.3 is 5.97 Å². The number of hydrogen-bond acceptors (Lipinski definition) is 6. The van der Waals surface area contributed by atoms with Crippen LogP contribution >= 0.6 is 23.2 Å². The summed E-state index contributed by atoms with van der Waals surface area (Å²) in [7, 11) is 3.02. The molecule has 1 aliphatic heterocycles. The molecule has 0 radical (unpaired) electrons. The molecule has 0 spiro atoms. The van der Waals surface area contributed by atoms with Crippen molar-refractivity contribution in [1.29, 1.82) is 0 Å². The molecule has 1 heterocycles. The van der Waals surface area contributed by atoms with Gasteiger partial charge in [-0.3, -0.25) is 14.4 Å². The molecule has 2 atom stereocenters. The van der Waals surface area contributed by atoms with Crippen LogP contribution in [0, 0.1) is 5.92 Å². The van der Waals surface area contributed by atoms with E-state index in [2.05, 4.69) is 0 Å². The van der Waals surface area contributed by atoms with Gasteiger partial charge in [0.2, 0.25) is 11.7 Å². The summed E-state index contributed by atoms with van der Waals surface area (Å²) in [5.41, 5.74) is 0.865. The van der Waals surface area contributed by atoms with Gasteiger partial charge in [0.15, 0.2) is 6.10 Å². The van der Waals surface area contributed by atoms with E-state index in [9.17, 15) is 14.4 Å². The van der Waals surface area contributed by atoms with Gasteiger partial charge in [0.1, 0.15) is 11.5 Å². The summed E-state index contributed by atoms with van der Waals surface area (Å²) in [5, 5.41) is 0.491. The van der Waals surface area contributed by atoms with Crippen molar-refractivity contribution in [2.24, 2.45) is 5.92 Å². The highest BCUT2D eigenvalue weighted by atomic mass is 35.5. The second-order valence-corrected chi connectivity index (χ2v) is 8.03. The van der Waals surface area contributed by atoms with Crippen molar-refractivity contribution in [3.8, 4) is 11.5 Å². The molecule has 0 N–H and O–H groups in total. The number of amides is 1. The number of ketones is 1. The molecule has 170 valence electrons. The molecule has 0 aliphatic carbocycles. The second kappa shape index (κ2) is 10.7. The van der Waals surface area contributed by atoms with E-state index in [1.165, 1.54) is 19.1 Å². The molecular formula is C23H23Cl2NO6. The lowest BCUT2D eigenvalue weighted by atomic mass is 10.0. The molecule has 0 bridgehead atoms. The van der Waals surface area contributed by atoms with Gasteiger partial charge in [-0.05, 0) is 36.4 Å². The lowest BCUT2D eigenvalue weighted by molar-refractivity contribution is -0.151. The van der Waals surface area contributed by atoms with E-state index < -0.39 is 18.0 Å². The number of esters is 1. The number of ether oxygens (including phenoxy) is 3. The first kappa shape index (κ1) is 23.9. The number of hydrogen-bond donors (Lipinski definition) is 0. The predicted octanol–water partition coefficient (Wildman–Crippen LogP) is 4.13. The highest BCUT2D eigenvalue weighted by molar-refractivity contribution is 6.30. The Kier molecular flexibility index (Phi) is 7.99. The Balaban J connectivity index is 1.74. The fourth-order valence-electron chi connectivity index (χ4n) is 3.49. The quantitative estimate of drug-likeness (QED) is 0.305. The van der Waals surface area contributed by atoms with E-state index >= 15 is 0 Å². The van der Waals surface area contributed by atoms with Crippen LogP contribution < -0.4 is 14.4 Å². The number of carbonyl (C=O) groups excluding carboxylic acids is 3. The van der Waals surface area contributed by atoms with Crippen LogP contribution in [0.3, 0.4) is 0 Å². The Bertz CT molecular complexity index is 994. The van der Waals surface area contributed by atoms with Gasteiger partial charge in [-0.2, -0.15) is 0 Å². The zero-order chi connectivity index (χ0) is 23.3. The van der Waals surface area contributed by atoms with Gasteiger partial charge in [-0.25, -0.2) is 0 Å². The maximum absolute atomic E-state index is 12.8. The van der Waals surface area contributed by atoms with Gasteiger partial charge in [0.25, 0.3) is 0 Å². The zero-order valence-corrected chi connectivity index (χ0v) is 19.2. The number of halogens is 2. The molecule has 1 aliphatic rings. The number of Topliss-reactive ketones (excluding diaryl/α,β-unsaturated/α-hetero) is 1. The minimum Gasteiger partial charge on any atom is -0.497 e. The minimum atomic E-state index is -1.04. The average Bonchev–Trinajstić information content (AvgIpc) is 3.19. The molecule has 9 heteroatoms.